The minimum Gasteiger partial charge on any atom is -0.354 e. The van der Waals surface area contributed by atoms with Gasteiger partial charge in [0.05, 0.1) is 17.1 Å². The van der Waals surface area contributed by atoms with Gasteiger partial charge in [-0.25, -0.2) is 4.79 Å². The first-order chi connectivity index (χ1) is 13.4. The number of aromatic nitrogens is 2. The smallest absolute Gasteiger partial charge is 0.328 e. The highest BCUT2D eigenvalue weighted by atomic mass is 35.5. The first-order valence-corrected chi connectivity index (χ1v) is 9.59. The van der Waals surface area contributed by atoms with Crippen molar-refractivity contribution in [3.05, 3.63) is 69.6 Å². The monoisotopic (exact) mass is 400 g/mol. The van der Waals surface area contributed by atoms with Gasteiger partial charge in [0.15, 0.2) is 0 Å². The van der Waals surface area contributed by atoms with Crippen LogP contribution in [0.25, 0.3) is 11.0 Å². The maximum absolute atomic E-state index is 12.5. The van der Waals surface area contributed by atoms with Crippen molar-refractivity contribution >= 4 is 28.5 Å². The molecule has 6 nitrogen and oxygen atoms in total. The minimum atomic E-state index is -0.115. The second kappa shape index (κ2) is 8.63. The van der Waals surface area contributed by atoms with Crippen LogP contribution in [0, 0.1) is 0 Å². The second-order valence-electron chi connectivity index (χ2n) is 7.04. The third kappa shape index (κ3) is 4.13. The summed E-state index contributed by atoms with van der Waals surface area (Å²) >= 11 is 6.32. The molecule has 0 bridgehead atoms. The van der Waals surface area contributed by atoms with Crippen LogP contribution >= 0.6 is 11.6 Å². The van der Waals surface area contributed by atoms with E-state index in [1.54, 1.807) is 16.2 Å². The Morgan fingerprint density at radius 3 is 2.43 bits per heavy atom. The van der Waals surface area contributed by atoms with Crippen LogP contribution in [0.1, 0.15) is 18.0 Å². The zero-order valence-corrected chi connectivity index (χ0v) is 17.1. The fourth-order valence-electron chi connectivity index (χ4n) is 3.41. The summed E-state index contributed by atoms with van der Waals surface area (Å²) in [6.45, 7) is 0.782. The lowest BCUT2D eigenvalue weighted by Crippen LogP contribution is -2.35. The Bertz CT molecular complexity index is 1040. The maximum Gasteiger partial charge on any atom is 0.328 e. The molecular formula is C21H25ClN4O2. The largest absolute Gasteiger partial charge is 0.354 e. The van der Waals surface area contributed by atoms with Crippen LogP contribution in [-0.4, -0.2) is 40.6 Å². The molecule has 0 saturated carbocycles. The van der Waals surface area contributed by atoms with E-state index in [0.717, 1.165) is 16.6 Å². The van der Waals surface area contributed by atoms with Crippen LogP contribution in [-0.2, 0) is 18.4 Å². The van der Waals surface area contributed by atoms with Crippen molar-refractivity contribution in [1.82, 2.24) is 19.4 Å². The number of carbonyl (C=O) groups is 1. The number of likely N-dealkylation sites (N-methyl/N-ethyl adjacent to an activating group) is 1. The summed E-state index contributed by atoms with van der Waals surface area (Å²) in [4.78, 5) is 26.9. The van der Waals surface area contributed by atoms with E-state index in [9.17, 15) is 9.59 Å². The van der Waals surface area contributed by atoms with Crippen LogP contribution in [0.5, 0.6) is 0 Å². The standard InChI is InChI=1S/C21H25ClN4O2/c1-24(2)19(15-8-4-5-9-16(15)22)14-23-20(27)12-13-26-18-11-7-6-10-17(18)25(3)21(26)28/h4-11,19H,12-14H2,1-3H3,(H,23,27)/t19-/m0/s1. The normalized spacial score (nSPS) is 12.5. The molecular weight excluding hydrogens is 376 g/mol. The molecule has 1 amide bonds. The Hall–Kier alpha value is -2.57. The molecule has 7 heteroatoms. The van der Waals surface area contributed by atoms with Crippen molar-refractivity contribution in [2.75, 3.05) is 20.6 Å². The molecule has 0 aliphatic heterocycles. The van der Waals surface area contributed by atoms with Gasteiger partial charge in [0.1, 0.15) is 0 Å². The molecule has 1 heterocycles. The van der Waals surface area contributed by atoms with E-state index in [2.05, 4.69) is 5.32 Å². The lowest BCUT2D eigenvalue weighted by molar-refractivity contribution is -0.121. The van der Waals surface area contributed by atoms with Crippen molar-refractivity contribution in [2.24, 2.45) is 7.05 Å². The van der Waals surface area contributed by atoms with E-state index >= 15 is 0 Å². The third-order valence-corrected chi connectivity index (χ3v) is 5.34. The number of benzene rings is 2. The highest BCUT2D eigenvalue weighted by Gasteiger charge is 2.18. The lowest BCUT2D eigenvalue weighted by Gasteiger charge is -2.26. The minimum absolute atomic E-state index is 0.0297. The predicted octanol–water partition coefficient (Wildman–Crippen LogP) is 2.80. The number of fused-ring (bicyclic) bond motifs is 1. The number of aryl methyl sites for hydroxylation is 2. The fraction of sp³-hybridized carbons (Fsp3) is 0.333. The molecule has 0 spiro atoms. The first kappa shape index (κ1) is 20.2. The van der Waals surface area contributed by atoms with Gasteiger partial charge < -0.3 is 10.2 Å². The summed E-state index contributed by atoms with van der Waals surface area (Å²) in [5.74, 6) is -0.0984. The molecule has 28 heavy (non-hydrogen) atoms. The highest BCUT2D eigenvalue weighted by Crippen LogP contribution is 2.25. The maximum atomic E-state index is 12.5. The molecule has 3 rings (SSSR count). The van der Waals surface area contributed by atoms with Crippen LogP contribution in [0.2, 0.25) is 5.02 Å². The number of rotatable bonds is 7. The number of para-hydroxylation sites is 2. The van der Waals surface area contributed by atoms with Gasteiger partial charge in [-0.05, 0) is 37.9 Å². The Morgan fingerprint density at radius 2 is 1.75 bits per heavy atom. The van der Waals surface area contributed by atoms with Crippen molar-refractivity contribution < 1.29 is 4.79 Å². The van der Waals surface area contributed by atoms with Gasteiger partial charge in [0.25, 0.3) is 0 Å². The number of imidazole rings is 1. The van der Waals surface area contributed by atoms with Gasteiger partial charge >= 0.3 is 5.69 Å². The quantitative estimate of drug-likeness (QED) is 0.663. The molecule has 0 aliphatic rings. The molecule has 1 atom stereocenters. The van der Waals surface area contributed by atoms with Crippen molar-refractivity contribution in [1.29, 1.82) is 0 Å². The fourth-order valence-corrected chi connectivity index (χ4v) is 3.67. The Kier molecular flexibility index (Phi) is 6.21. The Labute approximate surface area is 169 Å². The molecule has 0 radical (unpaired) electrons. The molecule has 148 valence electrons. The molecule has 0 saturated heterocycles. The van der Waals surface area contributed by atoms with Gasteiger partial charge in [0.2, 0.25) is 5.91 Å². The van der Waals surface area contributed by atoms with Gasteiger partial charge in [-0.1, -0.05) is 41.9 Å². The van der Waals surface area contributed by atoms with Crippen molar-refractivity contribution in [2.45, 2.75) is 19.0 Å². The number of nitrogens with zero attached hydrogens (tertiary/aromatic N) is 3. The highest BCUT2D eigenvalue weighted by molar-refractivity contribution is 6.31. The summed E-state index contributed by atoms with van der Waals surface area (Å²) in [7, 11) is 5.65. The summed E-state index contributed by atoms with van der Waals surface area (Å²) in [5.41, 5.74) is 2.56. The molecule has 1 aromatic heterocycles. The molecule has 1 N–H and O–H groups in total. The number of hydrogen-bond acceptors (Lipinski definition) is 3. The molecule has 0 fully saturated rings. The zero-order chi connectivity index (χ0) is 20.3. The first-order valence-electron chi connectivity index (χ1n) is 9.22. The predicted molar refractivity (Wildman–Crippen MR) is 113 cm³/mol. The van der Waals surface area contributed by atoms with E-state index in [-0.39, 0.29) is 24.1 Å². The van der Waals surface area contributed by atoms with Crippen LogP contribution in [0.3, 0.4) is 0 Å². The van der Waals surface area contributed by atoms with Crippen molar-refractivity contribution in [3.63, 3.8) is 0 Å². The number of halogens is 1. The van der Waals surface area contributed by atoms with E-state index in [1.165, 1.54) is 0 Å². The average Bonchev–Trinajstić information content (AvgIpc) is 2.92. The van der Waals surface area contributed by atoms with E-state index in [4.69, 9.17) is 11.6 Å². The van der Waals surface area contributed by atoms with Gasteiger partial charge in [0, 0.05) is 31.6 Å². The summed E-state index contributed by atoms with van der Waals surface area (Å²) in [6.07, 6.45) is 0.233. The topological polar surface area (TPSA) is 59.3 Å². The molecule has 0 aliphatic carbocycles. The summed E-state index contributed by atoms with van der Waals surface area (Å²) in [6, 6.07) is 15.2. The van der Waals surface area contributed by atoms with Crippen LogP contribution in [0.4, 0.5) is 0 Å². The van der Waals surface area contributed by atoms with Gasteiger partial charge in [-0.2, -0.15) is 0 Å². The Morgan fingerprint density at radius 1 is 1.11 bits per heavy atom. The SMILES string of the molecule is CN(C)[C@@H](CNC(=O)CCn1c(=O)n(C)c2ccccc21)c1ccccc1Cl. The number of carbonyl (C=O) groups excluding carboxylic acids is 1. The van der Waals surface area contributed by atoms with E-state index < -0.39 is 0 Å². The summed E-state index contributed by atoms with van der Waals surface area (Å²) < 4.78 is 3.25. The average molecular weight is 401 g/mol. The van der Waals surface area contributed by atoms with Crippen LogP contribution in [0.15, 0.2) is 53.3 Å². The lowest BCUT2D eigenvalue weighted by atomic mass is 10.1. The molecule has 2 aromatic carbocycles. The third-order valence-electron chi connectivity index (χ3n) is 4.99. The van der Waals surface area contributed by atoms with Gasteiger partial charge in [-0.3, -0.25) is 13.9 Å². The number of hydrogen-bond donors (Lipinski definition) is 1. The molecule has 3 aromatic rings. The van der Waals surface area contributed by atoms with Crippen molar-refractivity contribution in [3.8, 4) is 0 Å². The van der Waals surface area contributed by atoms with E-state index in [1.807, 2.05) is 67.5 Å². The Balaban J connectivity index is 1.66. The summed E-state index contributed by atoms with van der Waals surface area (Å²) in [5, 5.41) is 3.65. The molecule has 0 unspecified atom stereocenters. The van der Waals surface area contributed by atoms with E-state index in [0.29, 0.717) is 18.1 Å². The second-order valence-corrected chi connectivity index (χ2v) is 7.44. The number of amides is 1. The zero-order valence-electron chi connectivity index (χ0n) is 16.4. The van der Waals surface area contributed by atoms with Crippen LogP contribution < -0.4 is 11.0 Å². The van der Waals surface area contributed by atoms with Gasteiger partial charge in [-0.15, -0.1) is 0 Å². The number of nitrogens with one attached hydrogen (secondary N) is 1.